The van der Waals surface area contributed by atoms with Gasteiger partial charge in [0.15, 0.2) is 6.61 Å². The van der Waals surface area contributed by atoms with E-state index in [-0.39, 0.29) is 6.42 Å². The number of benzene rings is 1. The minimum atomic E-state index is -4.41. The Kier molecular flexibility index (Phi) is 6.79. The molecule has 0 heterocycles. The molecule has 0 fully saturated rings. The number of hydrogen-bond donors (Lipinski definition) is 4. The molecule has 0 bridgehead atoms. The zero-order chi connectivity index (χ0) is 16.8. The molecule has 0 aliphatic heterocycles. The molecule has 22 heavy (non-hydrogen) atoms. The highest BCUT2D eigenvalue weighted by Gasteiger charge is 2.36. The van der Waals surface area contributed by atoms with E-state index in [4.69, 9.17) is 5.11 Å². The van der Waals surface area contributed by atoms with Crippen molar-refractivity contribution in [3.63, 3.8) is 0 Å². The maximum atomic E-state index is 11.6. The molecule has 1 rings (SSSR count). The van der Waals surface area contributed by atoms with E-state index in [0.717, 1.165) is 5.56 Å². The van der Waals surface area contributed by atoms with Gasteiger partial charge in [0, 0.05) is 6.42 Å². The summed E-state index contributed by atoms with van der Waals surface area (Å²) in [6, 6.07) is 8.80. The van der Waals surface area contributed by atoms with Crippen molar-refractivity contribution in [3.8, 4) is 0 Å². The molecule has 1 unspecified atom stereocenters. The van der Waals surface area contributed by atoms with Gasteiger partial charge in [0.25, 0.3) is 0 Å². The lowest BCUT2D eigenvalue weighted by Gasteiger charge is -2.28. The van der Waals surface area contributed by atoms with Gasteiger partial charge in [-0.2, -0.15) is 0 Å². The fourth-order valence-electron chi connectivity index (χ4n) is 1.73. The molecule has 0 saturated heterocycles. The Hall–Kier alpha value is -1.16. The van der Waals surface area contributed by atoms with Crippen molar-refractivity contribution in [2.75, 3.05) is 12.8 Å². The van der Waals surface area contributed by atoms with Crippen molar-refractivity contribution in [2.24, 2.45) is 0 Å². The summed E-state index contributed by atoms with van der Waals surface area (Å²) in [5.41, 5.74) is 0.754. The highest BCUT2D eigenvalue weighted by Crippen LogP contribution is 2.42. The van der Waals surface area contributed by atoms with E-state index < -0.39 is 36.0 Å². The summed E-state index contributed by atoms with van der Waals surface area (Å²) in [6.45, 7) is -0.834. The number of carbonyl (C=O) groups excluding carboxylic acids is 1. The van der Waals surface area contributed by atoms with E-state index in [1.165, 1.54) is 0 Å². The highest BCUT2D eigenvalue weighted by atomic mass is 127. The molecule has 0 aliphatic rings. The van der Waals surface area contributed by atoms with Crippen LogP contribution in [0.3, 0.4) is 0 Å². The first-order chi connectivity index (χ1) is 10.1. The number of carbonyl (C=O) groups is 2. The maximum Gasteiger partial charge on any atom is 0.408 e. The lowest BCUT2D eigenvalue weighted by molar-refractivity contribution is -0.140. The fourth-order valence-corrected chi connectivity index (χ4v) is 4.57. The Morgan fingerprint density at radius 2 is 1.86 bits per heavy atom. The molecule has 1 aromatic carbocycles. The van der Waals surface area contributed by atoms with Crippen LogP contribution in [0.15, 0.2) is 30.3 Å². The lowest BCUT2D eigenvalue weighted by Crippen LogP contribution is -2.48. The minimum absolute atomic E-state index is 0.141. The summed E-state index contributed by atoms with van der Waals surface area (Å²) >= 11 is 1.72. The Labute approximate surface area is 140 Å². The molecule has 4 N–H and O–H groups in total. The van der Waals surface area contributed by atoms with Crippen molar-refractivity contribution in [1.82, 2.24) is 5.32 Å². The number of ether oxygens (including phenoxy) is 1. The number of hydrogen-bond acceptors (Lipinski definition) is 4. The van der Waals surface area contributed by atoms with Gasteiger partial charge >= 0.3 is 19.7 Å². The smallest absolute Gasteiger partial charge is 0.408 e. The van der Waals surface area contributed by atoms with Gasteiger partial charge in [0.05, 0.1) is 6.16 Å². The maximum absolute atomic E-state index is 11.6. The van der Waals surface area contributed by atoms with Crippen LogP contribution in [0.25, 0.3) is 0 Å². The van der Waals surface area contributed by atoms with Crippen LogP contribution in [0, 0.1) is 0 Å². The third-order valence-corrected chi connectivity index (χ3v) is 5.02. The zero-order valence-electron chi connectivity index (χ0n) is 11.3. The predicted octanol–water partition coefficient (Wildman–Crippen LogP) is 1.35. The highest BCUT2D eigenvalue weighted by molar-refractivity contribution is 14.1. The van der Waals surface area contributed by atoms with E-state index in [2.05, 4.69) is 10.1 Å². The summed E-state index contributed by atoms with van der Waals surface area (Å²) in [5, 5.41) is 10.8. The van der Waals surface area contributed by atoms with Crippen molar-refractivity contribution < 1.29 is 33.8 Å². The van der Waals surface area contributed by atoms with Crippen LogP contribution in [-0.4, -0.2) is 43.3 Å². The molecule has 0 aromatic heterocycles. The SMILES string of the molecule is O=C(O)COC(=O)NC(I)(Cc1ccccc1)CP(=O)(O)O. The third-order valence-electron chi connectivity index (χ3n) is 2.44. The van der Waals surface area contributed by atoms with Crippen molar-refractivity contribution in [2.45, 2.75) is 9.97 Å². The first-order valence-electron chi connectivity index (χ1n) is 6.04. The van der Waals surface area contributed by atoms with Crippen LogP contribution in [0.1, 0.15) is 5.56 Å². The van der Waals surface area contributed by atoms with E-state index >= 15 is 0 Å². The second kappa shape index (κ2) is 7.91. The number of alkyl carbamates (subject to hydrolysis) is 1. The van der Waals surface area contributed by atoms with Gasteiger partial charge in [-0.05, 0) is 5.56 Å². The summed E-state index contributed by atoms with van der Waals surface area (Å²) in [7, 11) is -4.41. The standard InChI is InChI=1S/C12H15INO7P/c13-12(8-22(18,19)20,6-9-4-2-1-3-5-9)14-11(17)21-7-10(15)16/h1-5H,6-8H2,(H,14,17)(H,15,16)(H2,18,19,20). The Balaban J connectivity index is 2.84. The van der Waals surface area contributed by atoms with Crippen molar-refractivity contribution >= 4 is 42.2 Å². The molecule has 1 atom stereocenters. The van der Waals surface area contributed by atoms with Crippen molar-refractivity contribution in [3.05, 3.63) is 35.9 Å². The molecule has 0 spiro atoms. The summed E-state index contributed by atoms with van der Waals surface area (Å²) in [6.07, 6.45) is -1.53. The van der Waals surface area contributed by atoms with Crippen molar-refractivity contribution in [1.29, 1.82) is 0 Å². The number of amides is 1. The third kappa shape index (κ3) is 7.74. The number of halogens is 1. The number of nitrogens with one attached hydrogen (secondary N) is 1. The van der Waals surface area contributed by atoms with Gasteiger partial charge in [0.2, 0.25) is 0 Å². The van der Waals surface area contributed by atoms with Gasteiger partial charge in [-0.1, -0.05) is 52.9 Å². The minimum Gasteiger partial charge on any atom is -0.479 e. The number of carboxylic acid groups (broad SMARTS) is 1. The summed E-state index contributed by atoms with van der Waals surface area (Å²) < 4.78 is 14.4. The van der Waals surface area contributed by atoms with Crippen LogP contribution >= 0.6 is 30.2 Å². The molecule has 8 nitrogen and oxygen atoms in total. The molecule has 10 heteroatoms. The van der Waals surface area contributed by atoms with E-state index in [9.17, 15) is 23.9 Å². The fraction of sp³-hybridized carbons (Fsp3) is 0.333. The molecular formula is C12H15INO7P. The van der Waals surface area contributed by atoms with Gasteiger partial charge < -0.3 is 24.9 Å². The summed E-state index contributed by atoms with van der Waals surface area (Å²) in [5.74, 6) is -1.33. The van der Waals surface area contributed by atoms with Crippen LogP contribution in [0.5, 0.6) is 0 Å². The molecule has 0 aliphatic carbocycles. The molecule has 0 radical (unpaired) electrons. The molecule has 0 saturated carbocycles. The zero-order valence-corrected chi connectivity index (χ0v) is 14.4. The number of aliphatic carboxylic acids is 1. The number of alkyl halides is 1. The van der Waals surface area contributed by atoms with Crippen LogP contribution in [-0.2, 0) is 20.5 Å². The van der Waals surface area contributed by atoms with E-state index in [1.54, 1.807) is 52.9 Å². The average Bonchev–Trinajstić information content (AvgIpc) is 2.34. The molecule has 122 valence electrons. The normalized spacial score (nSPS) is 14.0. The number of carboxylic acids is 1. The average molecular weight is 443 g/mol. The number of rotatable bonds is 7. The first kappa shape index (κ1) is 18.9. The van der Waals surface area contributed by atoms with E-state index in [0.29, 0.717) is 0 Å². The van der Waals surface area contributed by atoms with Crippen LogP contribution in [0.2, 0.25) is 0 Å². The largest absolute Gasteiger partial charge is 0.479 e. The predicted molar refractivity (Wildman–Crippen MR) is 85.9 cm³/mol. The second-order valence-electron chi connectivity index (χ2n) is 4.55. The Morgan fingerprint density at radius 3 is 2.36 bits per heavy atom. The lowest BCUT2D eigenvalue weighted by atomic mass is 10.1. The quantitative estimate of drug-likeness (QED) is 0.217. The Bertz CT molecular complexity index is 576. The van der Waals surface area contributed by atoms with Gasteiger partial charge in [0.1, 0.15) is 3.55 Å². The van der Waals surface area contributed by atoms with Crippen LogP contribution < -0.4 is 5.32 Å². The molecular weight excluding hydrogens is 428 g/mol. The Morgan fingerprint density at radius 1 is 1.27 bits per heavy atom. The molecule has 1 aromatic rings. The summed E-state index contributed by atoms with van der Waals surface area (Å²) in [4.78, 5) is 40.3. The van der Waals surface area contributed by atoms with Gasteiger partial charge in [-0.15, -0.1) is 0 Å². The molecule has 1 amide bonds. The topological polar surface area (TPSA) is 133 Å². The second-order valence-corrected chi connectivity index (χ2v) is 8.26. The first-order valence-corrected chi connectivity index (χ1v) is 8.91. The van der Waals surface area contributed by atoms with E-state index in [1.807, 2.05) is 0 Å². The van der Waals surface area contributed by atoms with Crippen LogP contribution in [0.4, 0.5) is 4.79 Å². The monoisotopic (exact) mass is 443 g/mol. The van der Waals surface area contributed by atoms with Gasteiger partial charge in [-0.25, -0.2) is 9.59 Å². The van der Waals surface area contributed by atoms with Gasteiger partial charge in [-0.3, -0.25) is 4.57 Å².